The third-order valence-corrected chi connectivity index (χ3v) is 2.84. The number of carbonyl (C=O) groups is 1. The summed E-state index contributed by atoms with van der Waals surface area (Å²) in [6.07, 6.45) is 4.39. The summed E-state index contributed by atoms with van der Waals surface area (Å²) in [5, 5.41) is 3.29. The first-order valence-corrected chi connectivity index (χ1v) is 4.83. The molecule has 1 aliphatic heterocycles. The second-order valence-corrected chi connectivity index (χ2v) is 3.84. The zero-order valence-electron chi connectivity index (χ0n) is 7.60. The number of unbranched alkanes of at least 4 members (excludes halogenated alkanes) is 1. The van der Waals surface area contributed by atoms with Crippen molar-refractivity contribution in [1.29, 1.82) is 0 Å². The van der Waals surface area contributed by atoms with Crippen LogP contribution in [0.15, 0.2) is 0 Å². The topological polar surface area (TPSA) is 32.3 Å². The molecule has 0 aromatic carbocycles. The fourth-order valence-electron chi connectivity index (χ4n) is 1.74. The van der Waals surface area contributed by atoms with Gasteiger partial charge in [-0.15, -0.1) is 0 Å². The molecule has 1 saturated heterocycles. The van der Waals surface area contributed by atoms with Gasteiger partial charge in [-0.25, -0.2) is 0 Å². The van der Waals surface area contributed by atoms with E-state index in [9.17, 15) is 4.79 Å². The van der Waals surface area contributed by atoms with Crippen molar-refractivity contribution in [3.8, 4) is 0 Å². The van der Waals surface area contributed by atoms with Crippen LogP contribution in [-0.4, -0.2) is 29.6 Å². The number of amides is 1. The minimum absolute atomic E-state index is 0.0895. The van der Waals surface area contributed by atoms with Crippen LogP contribution >= 0.6 is 0 Å². The Morgan fingerprint density at radius 3 is 2.83 bits per heavy atom. The quantitative estimate of drug-likeness (QED) is 0.673. The van der Waals surface area contributed by atoms with Crippen molar-refractivity contribution >= 4 is 5.91 Å². The molecule has 0 unspecified atom stereocenters. The zero-order valence-corrected chi connectivity index (χ0v) is 7.60. The van der Waals surface area contributed by atoms with Gasteiger partial charge in [-0.3, -0.25) is 10.1 Å². The molecule has 1 N–H and O–H groups in total. The highest BCUT2D eigenvalue weighted by Gasteiger charge is 2.55. The second-order valence-electron chi connectivity index (χ2n) is 3.84. The van der Waals surface area contributed by atoms with E-state index in [0.717, 1.165) is 38.9 Å². The molecule has 1 amide bonds. The lowest BCUT2D eigenvalue weighted by atomic mass is 10.2. The Morgan fingerprint density at radius 2 is 2.33 bits per heavy atom. The number of rotatable bonds is 3. The molecule has 68 valence electrons. The summed E-state index contributed by atoms with van der Waals surface area (Å²) in [6, 6.07) is 0. The van der Waals surface area contributed by atoms with Gasteiger partial charge >= 0.3 is 0 Å². The maximum absolute atomic E-state index is 11.7. The van der Waals surface area contributed by atoms with Crippen molar-refractivity contribution in [2.45, 2.75) is 38.1 Å². The highest BCUT2D eigenvalue weighted by Crippen LogP contribution is 2.39. The SMILES string of the molecule is CCCCN1CNC2(CC2)C1=O. The van der Waals surface area contributed by atoms with E-state index < -0.39 is 0 Å². The van der Waals surface area contributed by atoms with Crippen LogP contribution in [0, 0.1) is 0 Å². The molecule has 12 heavy (non-hydrogen) atoms. The van der Waals surface area contributed by atoms with Crippen LogP contribution in [0.25, 0.3) is 0 Å². The van der Waals surface area contributed by atoms with Crippen LogP contribution < -0.4 is 5.32 Å². The monoisotopic (exact) mass is 168 g/mol. The molecule has 1 saturated carbocycles. The molecule has 2 aliphatic rings. The molecule has 1 aliphatic carbocycles. The highest BCUT2D eigenvalue weighted by atomic mass is 16.2. The van der Waals surface area contributed by atoms with Crippen molar-refractivity contribution < 1.29 is 4.79 Å². The average Bonchev–Trinajstić information content (AvgIpc) is 2.78. The van der Waals surface area contributed by atoms with E-state index >= 15 is 0 Å². The van der Waals surface area contributed by atoms with E-state index in [2.05, 4.69) is 12.2 Å². The van der Waals surface area contributed by atoms with E-state index in [-0.39, 0.29) is 5.54 Å². The van der Waals surface area contributed by atoms with Gasteiger partial charge in [0.15, 0.2) is 0 Å². The summed E-state index contributed by atoms with van der Waals surface area (Å²) in [4.78, 5) is 13.6. The smallest absolute Gasteiger partial charge is 0.243 e. The molecular weight excluding hydrogens is 152 g/mol. The van der Waals surface area contributed by atoms with Gasteiger partial charge in [-0.2, -0.15) is 0 Å². The highest BCUT2D eigenvalue weighted by molar-refractivity contribution is 5.91. The summed E-state index contributed by atoms with van der Waals surface area (Å²) >= 11 is 0. The molecule has 0 radical (unpaired) electrons. The van der Waals surface area contributed by atoms with Gasteiger partial charge < -0.3 is 4.90 Å². The second kappa shape index (κ2) is 2.73. The fraction of sp³-hybridized carbons (Fsp3) is 0.889. The predicted octanol–water partition coefficient (Wildman–Crippen LogP) is 0.708. The van der Waals surface area contributed by atoms with Crippen LogP contribution in [0.2, 0.25) is 0 Å². The van der Waals surface area contributed by atoms with Gasteiger partial charge in [-0.1, -0.05) is 13.3 Å². The standard InChI is InChI=1S/C9H16N2O/c1-2-3-6-11-7-10-9(4-5-9)8(11)12/h10H,2-7H2,1H3. The molecule has 0 aromatic rings. The molecule has 0 atom stereocenters. The van der Waals surface area contributed by atoms with E-state index in [4.69, 9.17) is 0 Å². The lowest BCUT2D eigenvalue weighted by Gasteiger charge is -2.13. The van der Waals surface area contributed by atoms with Crippen molar-refractivity contribution in [2.75, 3.05) is 13.2 Å². The van der Waals surface area contributed by atoms with Gasteiger partial charge in [0.1, 0.15) is 0 Å². The van der Waals surface area contributed by atoms with Crippen molar-refractivity contribution in [1.82, 2.24) is 10.2 Å². The Labute approximate surface area is 73.1 Å². The van der Waals surface area contributed by atoms with Gasteiger partial charge in [-0.05, 0) is 19.3 Å². The van der Waals surface area contributed by atoms with Gasteiger partial charge in [0, 0.05) is 6.54 Å². The molecular formula is C9H16N2O. The first-order valence-electron chi connectivity index (χ1n) is 4.83. The molecule has 3 nitrogen and oxygen atoms in total. The van der Waals surface area contributed by atoms with Crippen molar-refractivity contribution in [2.24, 2.45) is 0 Å². The number of carbonyl (C=O) groups excluding carboxylic acids is 1. The fourth-order valence-corrected chi connectivity index (χ4v) is 1.74. The normalized spacial score (nSPS) is 25.4. The summed E-state index contributed by atoms with van der Waals surface area (Å²) in [7, 11) is 0. The largest absolute Gasteiger partial charge is 0.328 e. The van der Waals surface area contributed by atoms with Crippen LogP contribution in [-0.2, 0) is 4.79 Å². The number of nitrogens with one attached hydrogen (secondary N) is 1. The summed E-state index contributed by atoms with van der Waals surface area (Å²) < 4.78 is 0. The van der Waals surface area contributed by atoms with Crippen molar-refractivity contribution in [3.05, 3.63) is 0 Å². The number of hydrogen-bond donors (Lipinski definition) is 1. The Bertz CT molecular complexity index is 199. The Balaban J connectivity index is 1.89. The third-order valence-electron chi connectivity index (χ3n) is 2.84. The molecule has 1 spiro atoms. The minimum atomic E-state index is -0.0895. The Morgan fingerprint density at radius 1 is 1.58 bits per heavy atom. The van der Waals surface area contributed by atoms with Gasteiger partial charge in [0.05, 0.1) is 12.2 Å². The Kier molecular flexibility index (Phi) is 1.83. The first kappa shape index (κ1) is 8.05. The minimum Gasteiger partial charge on any atom is -0.328 e. The van der Waals surface area contributed by atoms with E-state index in [0.29, 0.717) is 5.91 Å². The van der Waals surface area contributed by atoms with Gasteiger partial charge in [0.2, 0.25) is 5.91 Å². The molecule has 2 fully saturated rings. The maximum atomic E-state index is 11.7. The first-order chi connectivity index (χ1) is 5.78. The summed E-state index contributed by atoms with van der Waals surface area (Å²) in [6.45, 7) is 3.86. The van der Waals surface area contributed by atoms with E-state index in [1.165, 1.54) is 0 Å². The van der Waals surface area contributed by atoms with Gasteiger partial charge in [0.25, 0.3) is 0 Å². The third kappa shape index (κ3) is 1.12. The van der Waals surface area contributed by atoms with Crippen molar-refractivity contribution in [3.63, 3.8) is 0 Å². The van der Waals surface area contributed by atoms with Crippen LogP contribution in [0.1, 0.15) is 32.6 Å². The molecule has 0 aromatic heterocycles. The maximum Gasteiger partial charge on any atom is 0.243 e. The van der Waals surface area contributed by atoms with Crippen LogP contribution in [0.4, 0.5) is 0 Å². The Hall–Kier alpha value is -0.570. The zero-order chi connectivity index (χ0) is 8.60. The summed E-state index contributed by atoms with van der Waals surface area (Å²) in [5.74, 6) is 0.343. The average molecular weight is 168 g/mol. The van der Waals surface area contributed by atoms with Crippen LogP contribution in [0.3, 0.4) is 0 Å². The number of nitrogens with zero attached hydrogens (tertiary/aromatic N) is 1. The summed E-state index contributed by atoms with van der Waals surface area (Å²) in [5.41, 5.74) is -0.0895. The molecule has 3 heteroatoms. The lowest BCUT2D eigenvalue weighted by molar-refractivity contribution is -0.129. The number of hydrogen-bond acceptors (Lipinski definition) is 2. The molecule has 0 bridgehead atoms. The van der Waals surface area contributed by atoms with E-state index in [1.54, 1.807) is 0 Å². The molecule has 2 rings (SSSR count). The molecule has 1 heterocycles. The predicted molar refractivity (Wildman–Crippen MR) is 46.6 cm³/mol. The lowest BCUT2D eigenvalue weighted by Crippen LogP contribution is -2.32. The van der Waals surface area contributed by atoms with Crippen LogP contribution in [0.5, 0.6) is 0 Å². The van der Waals surface area contributed by atoms with E-state index in [1.807, 2.05) is 4.90 Å².